The smallest absolute Gasteiger partial charge is 0.406 e. The number of rotatable bonds is 6. The molecule has 6 nitrogen and oxygen atoms in total. The average molecular weight is 436 g/mol. The SMILES string of the molecule is Cc1ccccc1-c1nnc(SC(C)C(=O)Nc2ccc(OC(F)(F)F)cc2)n1C. The lowest BCUT2D eigenvalue weighted by Gasteiger charge is -2.13. The van der Waals surface area contributed by atoms with Crippen LogP contribution in [0.1, 0.15) is 12.5 Å². The summed E-state index contributed by atoms with van der Waals surface area (Å²) in [6.45, 7) is 3.70. The quantitative estimate of drug-likeness (QED) is 0.562. The van der Waals surface area contributed by atoms with Crippen molar-refractivity contribution < 1.29 is 22.7 Å². The van der Waals surface area contributed by atoms with E-state index in [9.17, 15) is 18.0 Å². The second kappa shape index (κ2) is 8.78. The number of aryl methyl sites for hydroxylation is 1. The van der Waals surface area contributed by atoms with Crippen molar-refractivity contribution in [3.63, 3.8) is 0 Å². The Morgan fingerprint density at radius 3 is 2.43 bits per heavy atom. The molecule has 1 atom stereocenters. The number of nitrogens with zero attached hydrogens (tertiary/aromatic N) is 3. The molecule has 0 bridgehead atoms. The van der Waals surface area contributed by atoms with Crippen LogP contribution >= 0.6 is 11.8 Å². The summed E-state index contributed by atoms with van der Waals surface area (Å²) in [5, 5.41) is 11.1. The van der Waals surface area contributed by atoms with E-state index in [0.29, 0.717) is 16.7 Å². The second-order valence-corrected chi connectivity index (χ2v) is 7.81. The molecule has 1 heterocycles. The zero-order valence-corrected chi connectivity index (χ0v) is 17.2. The molecule has 3 rings (SSSR count). The van der Waals surface area contributed by atoms with E-state index in [2.05, 4.69) is 20.3 Å². The molecule has 0 radical (unpaired) electrons. The average Bonchev–Trinajstić information content (AvgIpc) is 3.03. The minimum Gasteiger partial charge on any atom is -0.406 e. The van der Waals surface area contributed by atoms with Crippen LogP contribution in [-0.2, 0) is 11.8 Å². The first kappa shape index (κ1) is 21.7. The summed E-state index contributed by atoms with van der Waals surface area (Å²) in [6.07, 6.45) is -4.76. The molecule has 158 valence electrons. The van der Waals surface area contributed by atoms with Crippen LogP contribution in [0, 0.1) is 6.92 Å². The van der Waals surface area contributed by atoms with E-state index in [1.807, 2.05) is 42.8 Å². The summed E-state index contributed by atoms with van der Waals surface area (Å²) < 4.78 is 42.3. The maximum atomic E-state index is 12.5. The van der Waals surface area contributed by atoms with Crippen LogP contribution in [0.3, 0.4) is 0 Å². The van der Waals surface area contributed by atoms with Gasteiger partial charge in [-0.25, -0.2) is 0 Å². The van der Waals surface area contributed by atoms with Crippen molar-refractivity contribution in [3.05, 3.63) is 54.1 Å². The Morgan fingerprint density at radius 1 is 1.13 bits per heavy atom. The number of benzene rings is 2. The highest BCUT2D eigenvalue weighted by Gasteiger charge is 2.31. The van der Waals surface area contributed by atoms with Crippen molar-refractivity contribution >= 4 is 23.4 Å². The molecule has 0 spiro atoms. The van der Waals surface area contributed by atoms with Crippen molar-refractivity contribution in [1.29, 1.82) is 0 Å². The predicted molar refractivity (Wildman–Crippen MR) is 108 cm³/mol. The number of ether oxygens (including phenoxy) is 1. The van der Waals surface area contributed by atoms with Crippen LogP contribution in [0.15, 0.2) is 53.7 Å². The molecule has 0 aliphatic carbocycles. The minimum atomic E-state index is -4.76. The fourth-order valence-electron chi connectivity index (χ4n) is 2.67. The molecule has 0 aliphatic heterocycles. The summed E-state index contributed by atoms with van der Waals surface area (Å²) in [5.41, 5.74) is 2.38. The highest BCUT2D eigenvalue weighted by Crippen LogP contribution is 2.28. The molecule has 3 aromatic rings. The Hall–Kier alpha value is -3.01. The third-order valence-corrected chi connectivity index (χ3v) is 5.36. The van der Waals surface area contributed by atoms with Crippen molar-refractivity contribution in [2.75, 3.05) is 5.32 Å². The normalized spacial score (nSPS) is 12.5. The fraction of sp³-hybridized carbons (Fsp3) is 0.250. The van der Waals surface area contributed by atoms with Crippen LogP contribution < -0.4 is 10.1 Å². The van der Waals surface area contributed by atoms with Gasteiger partial charge in [0, 0.05) is 18.3 Å². The summed E-state index contributed by atoms with van der Waals surface area (Å²) in [4.78, 5) is 12.5. The molecular weight excluding hydrogens is 417 g/mol. The third-order valence-electron chi connectivity index (χ3n) is 4.23. The maximum Gasteiger partial charge on any atom is 0.573 e. The van der Waals surface area contributed by atoms with E-state index in [-0.39, 0.29) is 11.7 Å². The van der Waals surface area contributed by atoms with E-state index in [1.165, 1.54) is 23.9 Å². The van der Waals surface area contributed by atoms with Crippen molar-refractivity contribution in [2.45, 2.75) is 30.6 Å². The molecule has 2 aromatic carbocycles. The van der Waals surface area contributed by atoms with Gasteiger partial charge in [-0.15, -0.1) is 23.4 Å². The number of alkyl halides is 3. The first-order chi connectivity index (χ1) is 14.1. The number of hydrogen-bond donors (Lipinski definition) is 1. The number of anilines is 1. The zero-order valence-electron chi connectivity index (χ0n) is 16.4. The molecule has 1 N–H and O–H groups in total. The van der Waals surface area contributed by atoms with Gasteiger partial charge in [-0.3, -0.25) is 4.79 Å². The van der Waals surface area contributed by atoms with Gasteiger partial charge in [0.25, 0.3) is 0 Å². The Balaban J connectivity index is 1.64. The van der Waals surface area contributed by atoms with Crippen molar-refractivity contribution in [3.8, 4) is 17.1 Å². The Labute approximate surface area is 175 Å². The number of amides is 1. The number of carbonyl (C=O) groups excluding carboxylic acids is 1. The molecule has 0 fully saturated rings. The van der Waals surface area contributed by atoms with E-state index >= 15 is 0 Å². The Bertz CT molecular complexity index is 1040. The van der Waals surface area contributed by atoms with Crippen LogP contribution in [0.2, 0.25) is 0 Å². The van der Waals surface area contributed by atoms with E-state index in [4.69, 9.17) is 0 Å². The number of aromatic nitrogens is 3. The highest BCUT2D eigenvalue weighted by molar-refractivity contribution is 8.00. The van der Waals surface area contributed by atoms with Gasteiger partial charge in [-0.1, -0.05) is 36.0 Å². The first-order valence-electron chi connectivity index (χ1n) is 8.93. The molecule has 10 heteroatoms. The molecule has 1 aromatic heterocycles. The maximum absolute atomic E-state index is 12.5. The number of thioether (sulfide) groups is 1. The second-order valence-electron chi connectivity index (χ2n) is 6.50. The summed E-state index contributed by atoms with van der Waals surface area (Å²) in [5.74, 6) is 0.0270. The van der Waals surface area contributed by atoms with Crippen molar-refractivity contribution in [2.24, 2.45) is 7.05 Å². The minimum absolute atomic E-state index is 0.315. The monoisotopic (exact) mass is 436 g/mol. The van der Waals surface area contributed by atoms with Gasteiger partial charge < -0.3 is 14.6 Å². The molecular formula is C20H19F3N4O2S. The largest absolute Gasteiger partial charge is 0.573 e. The lowest BCUT2D eigenvalue weighted by molar-refractivity contribution is -0.274. The third kappa shape index (κ3) is 5.32. The summed E-state index contributed by atoms with van der Waals surface area (Å²) in [7, 11) is 1.83. The molecule has 0 aliphatic rings. The number of hydrogen-bond acceptors (Lipinski definition) is 5. The van der Waals surface area contributed by atoms with Gasteiger partial charge in [0.05, 0.1) is 5.25 Å². The number of nitrogens with one attached hydrogen (secondary N) is 1. The predicted octanol–water partition coefficient (Wildman–Crippen LogP) is 4.81. The van der Waals surface area contributed by atoms with E-state index in [1.54, 1.807) is 6.92 Å². The highest BCUT2D eigenvalue weighted by atomic mass is 32.2. The molecule has 1 unspecified atom stereocenters. The van der Waals surface area contributed by atoms with Crippen LogP contribution in [0.4, 0.5) is 18.9 Å². The van der Waals surface area contributed by atoms with Gasteiger partial charge in [0.15, 0.2) is 11.0 Å². The van der Waals surface area contributed by atoms with E-state index in [0.717, 1.165) is 23.3 Å². The summed E-state index contributed by atoms with van der Waals surface area (Å²) in [6, 6.07) is 12.8. The topological polar surface area (TPSA) is 69.0 Å². The molecule has 0 saturated heterocycles. The summed E-state index contributed by atoms with van der Waals surface area (Å²) >= 11 is 1.23. The van der Waals surface area contributed by atoms with Gasteiger partial charge in [0.2, 0.25) is 5.91 Å². The van der Waals surface area contributed by atoms with Gasteiger partial charge >= 0.3 is 6.36 Å². The number of carbonyl (C=O) groups is 1. The van der Waals surface area contributed by atoms with Crippen LogP contribution in [0.25, 0.3) is 11.4 Å². The standard InChI is InChI=1S/C20H19F3N4O2S/c1-12-6-4-5-7-16(12)17-25-26-19(27(17)3)30-13(2)18(28)24-14-8-10-15(11-9-14)29-20(21,22)23/h4-11,13H,1-3H3,(H,24,28). The number of halogens is 3. The lowest BCUT2D eigenvalue weighted by atomic mass is 10.1. The lowest BCUT2D eigenvalue weighted by Crippen LogP contribution is -2.23. The molecule has 0 saturated carbocycles. The Morgan fingerprint density at radius 2 is 1.80 bits per heavy atom. The van der Waals surface area contributed by atoms with Crippen molar-refractivity contribution in [1.82, 2.24) is 14.8 Å². The van der Waals surface area contributed by atoms with E-state index < -0.39 is 11.6 Å². The zero-order chi connectivity index (χ0) is 21.9. The molecule has 1 amide bonds. The fourth-order valence-corrected chi connectivity index (χ4v) is 3.49. The first-order valence-corrected chi connectivity index (χ1v) is 9.81. The molecule has 30 heavy (non-hydrogen) atoms. The van der Waals surface area contributed by atoms with Gasteiger partial charge in [-0.05, 0) is 43.7 Å². The van der Waals surface area contributed by atoms with Gasteiger partial charge in [-0.2, -0.15) is 0 Å². The van der Waals surface area contributed by atoms with Crippen LogP contribution in [-0.4, -0.2) is 32.3 Å². The van der Waals surface area contributed by atoms with Crippen LogP contribution in [0.5, 0.6) is 5.75 Å². The Kier molecular flexibility index (Phi) is 6.35. The van der Waals surface area contributed by atoms with Gasteiger partial charge in [0.1, 0.15) is 5.75 Å².